The molecule has 0 aliphatic carbocycles. The number of fused-ring (bicyclic) bond motifs is 1. The van der Waals surface area contributed by atoms with Crippen molar-refractivity contribution in [3.63, 3.8) is 0 Å². The fourth-order valence-corrected chi connectivity index (χ4v) is 1.82. The van der Waals surface area contributed by atoms with Crippen LogP contribution in [0.5, 0.6) is 17.5 Å². The summed E-state index contributed by atoms with van der Waals surface area (Å²) in [5.74, 6) is 0.0267. The van der Waals surface area contributed by atoms with Crippen LogP contribution in [-0.2, 0) is 18.3 Å². The van der Waals surface area contributed by atoms with Crippen LogP contribution in [0.15, 0.2) is 18.2 Å². The highest BCUT2D eigenvalue weighted by atomic mass is 16.5. The number of aliphatic carboxylic acids is 1. The first-order valence-corrected chi connectivity index (χ1v) is 5.56. The van der Waals surface area contributed by atoms with Crippen molar-refractivity contribution in [1.29, 1.82) is 0 Å². The van der Waals surface area contributed by atoms with Gasteiger partial charge in [0.05, 0.1) is 0 Å². The highest BCUT2D eigenvalue weighted by Crippen LogP contribution is 2.33. The van der Waals surface area contributed by atoms with Gasteiger partial charge in [0.2, 0.25) is 0 Å². The van der Waals surface area contributed by atoms with Gasteiger partial charge in [0, 0.05) is 19.5 Å². The number of tetrazole rings is 1. The summed E-state index contributed by atoms with van der Waals surface area (Å²) < 4.78 is 12.2. The Kier molecular flexibility index (Phi) is 2.55. The van der Waals surface area contributed by atoms with Crippen LogP contribution in [0.25, 0.3) is 0 Å². The molecule has 0 saturated carbocycles. The lowest BCUT2D eigenvalue weighted by Gasteiger charge is -2.06. The second-order valence-electron chi connectivity index (χ2n) is 4.11. The van der Waals surface area contributed by atoms with E-state index in [2.05, 4.69) is 15.5 Å². The van der Waals surface area contributed by atoms with Gasteiger partial charge in [0.1, 0.15) is 11.5 Å². The summed E-state index contributed by atoms with van der Waals surface area (Å²) in [6, 6.07) is 5.37. The van der Waals surface area contributed by atoms with Crippen LogP contribution in [0.1, 0.15) is 5.56 Å². The molecule has 1 N–H and O–H groups in total. The molecule has 1 aromatic carbocycles. The van der Waals surface area contributed by atoms with E-state index < -0.39 is 12.1 Å². The molecule has 1 aliphatic rings. The minimum atomic E-state index is -0.976. The minimum absolute atomic E-state index is 0.243. The van der Waals surface area contributed by atoms with E-state index >= 15 is 0 Å². The highest BCUT2D eigenvalue weighted by Gasteiger charge is 2.29. The molecule has 1 aliphatic heterocycles. The third kappa shape index (κ3) is 2.07. The lowest BCUT2D eigenvalue weighted by molar-refractivity contribution is -0.144. The maximum atomic E-state index is 10.9. The molecule has 0 saturated heterocycles. The van der Waals surface area contributed by atoms with Crippen molar-refractivity contribution in [1.82, 2.24) is 20.2 Å². The molecule has 3 rings (SSSR count). The fourth-order valence-electron chi connectivity index (χ4n) is 1.82. The summed E-state index contributed by atoms with van der Waals surface area (Å²) >= 11 is 0. The molecule has 8 heteroatoms. The van der Waals surface area contributed by atoms with Crippen molar-refractivity contribution in [2.24, 2.45) is 7.05 Å². The number of nitrogens with zero attached hydrogens (tertiary/aromatic N) is 4. The summed E-state index contributed by atoms with van der Waals surface area (Å²) in [5, 5.41) is 19.7. The van der Waals surface area contributed by atoms with E-state index in [-0.39, 0.29) is 6.01 Å². The fraction of sp³-hybridized carbons (Fsp3) is 0.273. The molecule has 1 atom stereocenters. The van der Waals surface area contributed by atoms with Crippen LogP contribution >= 0.6 is 0 Å². The van der Waals surface area contributed by atoms with Crippen molar-refractivity contribution in [2.45, 2.75) is 12.5 Å². The zero-order valence-corrected chi connectivity index (χ0v) is 9.98. The first-order valence-electron chi connectivity index (χ1n) is 5.56. The molecule has 2 aromatic rings. The highest BCUT2D eigenvalue weighted by molar-refractivity contribution is 5.74. The van der Waals surface area contributed by atoms with E-state index in [0.29, 0.717) is 17.9 Å². The molecule has 0 spiro atoms. The summed E-state index contributed by atoms with van der Waals surface area (Å²) in [6.07, 6.45) is -0.474. The molecule has 0 amide bonds. The maximum absolute atomic E-state index is 10.9. The minimum Gasteiger partial charge on any atom is -0.478 e. The normalized spacial score (nSPS) is 16.8. The lowest BCUT2D eigenvalue weighted by atomic mass is 10.1. The predicted octanol–water partition coefficient (Wildman–Crippen LogP) is 0.390. The standard InChI is InChI=1S/C11H10N4O4/c1-15-11(12-13-14-15)18-7-3-2-6-4-9(10(16)17)19-8(6)5-7/h2-3,5,9H,4H2,1H3,(H,16,17). The molecule has 98 valence electrons. The molecule has 0 bridgehead atoms. The number of carbonyl (C=O) groups is 1. The van der Waals surface area contributed by atoms with Crippen LogP contribution in [-0.4, -0.2) is 37.4 Å². The smallest absolute Gasteiger partial charge is 0.345 e. The second kappa shape index (κ2) is 4.23. The molecular formula is C11H10N4O4. The first kappa shape index (κ1) is 11.5. The first-order chi connectivity index (χ1) is 9.13. The number of aromatic nitrogens is 4. The van der Waals surface area contributed by atoms with Crippen LogP contribution in [0.4, 0.5) is 0 Å². The number of ether oxygens (including phenoxy) is 2. The average Bonchev–Trinajstić information content (AvgIpc) is 2.96. The zero-order chi connectivity index (χ0) is 13.4. The van der Waals surface area contributed by atoms with Gasteiger partial charge in [0.15, 0.2) is 6.10 Å². The van der Waals surface area contributed by atoms with Gasteiger partial charge < -0.3 is 14.6 Å². The number of hydrogen-bond donors (Lipinski definition) is 1. The lowest BCUT2D eigenvalue weighted by Crippen LogP contribution is -2.24. The Morgan fingerprint density at radius 1 is 1.58 bits per heavy atom. The summed E-state index contributed by atoms with van der Waals surface area (Å²) in [6.45, 7) is 0. The molecule has 1 unspecified atom stereocenters. The molecule has 19 heavy (non-hydrogen) atoms. The Bertz CT molecular complexity index is 639. The van der Waals surface area contributed by atoms with Crippen LogP contribution in [0, 0.1) is 0 Å². The van der Waals surface area contributed by atoms with Crippen LogP contribution < -0.4 is 9.47 Å². The SMILES string of the molecule is Cn1nnnc1Oc1ccc2c(c1)OC(C(=O)O)C2. The van der Waals surface area contributed by atoms with Crippen LogP contribution in [0.3, 0.4) is 0 Å². The maximum Gasteiger partial charge on any atom is 0.345 e. The Labute approximate surface area is 107 Å². The predicted molar refractivity (Wildman–Crippen MR) is 61.1 cm³/mol. The molecule has 1 aromatic heterocycles. The topological polar surface area (TPSA) is 99.4 Å². The van der Waals surface area contributed by atoms with Gasteiger partial charge in [-0.3, -0.25) is 0 Å². The Hall–Kier alpha value is -2.64. The van der Waals surface area contributed by atoms with E-state index in [1.54, 1.807) is 25.2 Å². The average molecular weight is 262 g/mol. The van der Waals surface area contributed by atoms with E-state index in [4.69, 9.17) is 14.6 Å². The van der Waals surface area contributed by atoms with Crippen molar-refractivity contribution >= 4 is 5.97 Å². The van der Waals surface area contributed by atoms with E-state index in [1.807, 2.05) is 0 Å². The van der Waals surface area contributed by atoms with E-state index in [0.717, 1.165) is 5.56 Å². The summed E-state index contributed by atoms with van der Waals surface area (Å²) in [5.41, 5.74) is 0.843. The van der Waals surface area contributed by atoms with Crippen molar-refractivity contribution in [3.05, 3.63) is 23.8 Å². The van der Waals surface area contributed by atoms with Gasteiger partial charge in [-0.2, -0.15) is 4.68 Å². The van der Waals surface area contributed by atoms with Gasteiger partial charge >= 0.3 is 12.0 Å². The Morgan fingerprint density at radius 3 is 3.11 bits per heavy atom. The van der Waals surface area contributed by atoms with E-state index in [9.17, 15) is 4.79 Å². The molecule has 2 heterocycles. The number of benzene rings is 1. The molecule has 0 fully saturated rings. The van der Waals surface area contributed by atoms with Crippen molar-refractivity contribution in [3.8, 4) is 17.5 Å². The van der Waals surface area contributed by atoms with Gasteiger partial charge in [-0.05, 0) is 22.1 Å². The number of carboxylic acid groups (broad SMARTS) is 1. The number of aryl methyl sites for hydroxylation is 1. The van der Waals surface area contributed by atoms with E-state index in [1.165, 1.54) is 4.68 Å². The quantitative estimate of drug-likeness (QED) is 0.854. The van der Waals surface area contributed by atoms with Crippen LogP contribution in [0.2, 0.25) is 0 Å². The van der Waals surface area contributed by atoms with Crippen molar-refractivity contribution < 1.29 is 19.4 Å². The number of hydrogen-bond acceptors (Lipinski definition) is 6. The second-order valence-corrected chi connectivity index (χ2v) is 4.11. The third-order valence-corrected chi connectivity index (χ3v) is 2.78. The third-order valence-electron chi connectivity index (χ3n) is 2.78. The largest absolute Gasteiger partial charge is 0.478 e. The van der Waals surface area contributed by atoms with Crippen molar-refractivity contribution in [2.75, 3.05) is 0 Å². The Balaban J connectivity index is 1.82. The summed E-state index contributed by atoms with van der Waals surface area (Å²) in [7, 11) is 1.65. The van der Waals surface area contributed by atoms with Gasteiger partial charge in [-0.1, -0.05) is 11.2 Å². The Morgan fingerprint density at radius 2 is 2.42 bits per heavy atom. The molecule has 0 radical (unpaired) electrons. The summed E-state index contributed by atoms with van der Waals surface area (Å²) in [4.78, 5) is 10.9. The molecule has 8 nitrogen and oxygen atoms in total. The zero-order valence-electron chi connectivity index (χ0n) is 9.98. The number of carboxylic acids is 1. The monoisotopic (exact) mass is 262 g/mol. The van der Waals surface area contributed by atoms with Gasteiger partial charge in [0.25, 0.3) is 0 Å². The number of rotatable bonds is 3. The van der Waals surface area contributed by atoms with Gasteiger partial charge in [-0.25, -0.2) is 4.79 Å². The molecular weight excluding hydrogens is 252 g/mol. The van der Waals surface area contributed by atoms with Gasteiger partial charge in [-0.15, -0.1) is 0 Å².